The van der Waals surface area contributed by atoms with E-state index in [4.69, 9.17) is 19.3 Å². The Balaban J connectivity index is 0.000000278. The zero-order valence-electron chi connectivity index (χ0n) is 44.2. The zero-order valence-corrected chi connectivity index (χ0v) is 44.2. The molecule has 0 amide bonds. The fourth-order valence-electron chi connectivity index (χ4n) is 9.49. The van der Waals surface area contributed by atoms with Gasteiger partial charge in [-0.15, -0.1) is 0 Å². The number of ether oxygens (including phenoxy) is 3. The van der Waals surface area contributed by atoms with Crippen LogP contribution in [0.1, 0.15) is 90.5 Å². The van der Waals surface area contributed by atoms with Gasteiger partial charge >= 0.3 is 5.97 Å². The van der Waals surface area contributed by atoms with Gasteiger partial charge in [-0.25, -0.2) is 0 Å². The van der Waals surface area contributed by atoms with Gasteiger partial charge in [0.05, 0.1) is 42.7 Å². The summed E-state index contributed by atoms with van der Waals surface area (Å²) >= 11 is 0. The summed E-state index contributed by atoms with van der Waals surface area (Å²) in [7, 11) is 16.1. The Labute approximate surface area is 407 Å². The lowest BCUT2D eigenvalue weighted by atomic mass is 9.89. The number of likely N-dealkylation sites (tertiary alicyclic amines) is 6. The molecule has 5 N–H and O–H groups in total. The maximum Gasteiger partial charge on any atom is 0.302 e. The van der Waals surface area contributed by atoms with Crippen LogP contribution in [0.25, 0.3) is 0 Å². The minimum atomic E-state index is -0.785. The Kier molecular flexibility index (Phi) is 30.1. The van der Waals surface area contributed by atoms with Gasteiger partial charge in [-0.1, -0.05) is 44.2 Å². The third-order valence-electron chi connectivity index (χ3n) is 14.7. The smallest absolute Gasteiger partial charge is 0.302 e. The van der Waals surface area contributed by atoms with Crippen molar-refractivity contribution in [3.05, 3.63) is 35.9 Å². The van der Waals surface area contributed by atoms with E-state index in [0.29, 0.717) is 30.6 Å². The molecule has 1 aromatic carbocycles. The van der Waals surface area contributed by atoms with Crippen LogP contribution in [0.4, 0.5) is 0 Å². The lowest BCUT2D eigenvalue weighted by Gasteiger charge is -2.38. The van der Waals surface area contributed by atoms with Crippen LogP contribution in [-0.4, -0.2) is 245 Å². The molecule has 0 aromatic heterocycles. The molecule has 15 heteroatoms. The van der Waals surface area contributed by atoms with E-state index in [1.54, 1.807) is 14.2 Å². The van der Waals surface area contributed by atoms with E-state index < -0.39 is 5.60 Å². The number of hydrogen-bond acceptors (Lipinski definition) is 15. The second-order valence-electron chi connectivity index (χ2n) is 20.9. The highest BCUT2D eigenvalue weighted by Gasteiger charge is 2.34. The Morgan fingerprint density at radius 2 is 1.09 bits per heavy atom. The highest BCUT2D eigenvalue weighted by Crippen LogP contribution is 2.26. The first-order valence-corrected chi connectivity index (χ1v) is 25.5. The number of piperidine rings is 6. The standard InChI is InChI=1S/C13H19NO.C9H19NO2.C8H15NO2.C8H17NO.C7H15NO2.C7H15NO/c1-14-8-7-13(15)12(10-14)9-11-5-3-2-4-6-11;1-10-6-4-9(12-3,5-7-10)8-11-2;1-7(10)11-8-3-5-9(2)6-4-8;1-3-7-6-9(2)5-4-8(7)10;1-8-4-2-7(10,6-9)3-5-8;1-6-5-8(2)4-3-7(6)9/h2-6,12-13,15H,7-10H2,1H3;4-8H2,1-3H3;8H,3-6H2,1-2H3;7-8,10H,3-6H2,1-2H3;9-10H,2-6H2,1H3;6-7,9H,3-5H2,1-2H3. The van der Waals surface area contributed by atoms with Crippen molar-refractivity contribution >= 4 is 5.97 Å². The summed E-state index contributed by atoms with van der Waals surface area (Å²) in [6.07, 6.45) is 10.4. The van der Waals surface area contributed by atoms with E-state index in [1.807, 2.05) is 13.1 Å². The third kappa shape index (κ3) is 25.2. The summed E-state index contributed by atoms with van der Waals surface area (Å²) in [5, 5.41) is 46.9. The fraction of sp³-hybridized carbons (Fsp3) is 0.865. The van der Waals surface area contributed by atoms with Gasteiger partial charge in [-0.05, 0) is 130 Å². The molecular formula is C52H100N6O9. The van der Waals surface area contributed by atoms with Crippen molar-refractivity contribution in [3.8, 4) is 0 Å². The quantitative estimate of drug-likeness (QED) is 0.241. The molecule has 6 heterocycles. The van der Waals surface area contributed by atoms with E-state index in [2.05, 4.69) is 103 Å². The Hall–Kier alpha value is -1.83. The van der Waals surface area contributed by atoms with Crippen LogP contribution in [-0.2, 0) is 25.4 Å². The van der Waals surface area contributed by atoms with E-state index in [0.717, 1.165) is 143 Å². The minimum absolute atomic E-state index is 0.0126. The highest BCUT2D eigenvalue weighted by molar-refractivity contribution is 5.66. The molecule has 1 aromatic rings. The highest BCUT2D eigenvalue weighted by atomic mass is 16.5. The Morgan fingerprint density at radius 3 is 1.52 bits per heavy atom. The summed E-state index contributed by atoms with van der Waals surface area (Å²) in [4.78, 5) is 24.2. The van der Waals surface area contributed by atoms with Crippen molar-refractivity contribution in [2.45, 2.75) is 127 Å². The average molecular weight is 953 g/mol. The van der Waals surface area contributed by atoms with Gasteiger partial charge in [0.25, 0.3) is 0 Å². The van der Waals surface area contributed by atoms with Crippen molar-refractivity contribution in [3.63, 3.8) is 0 Å². The second-order valence-corrected chi connectivity index (χ2v) is 20.9. The molecule has 6 unspecified atom stereocenters. The van der Waals surface area contributed by atoms with Crippen LogP contribution in [0.2, 0.25) is 0 Å². The second kappa shape index (κ2) is 32.9. The first kappa shape index (κ1) is 61.3. The lowest BCUT2D eigenvalue weighted by Crippen LogP contribution is -2.47. The summed E-state index contributed by atoms with van der Waals surface area (Å²) < 4.78 is 15.8. The van der Waals surface area contributed by atoms with Gasteiger partial charge in [0, 0.05) is 106 Å². The van der Waals surface area contributed by atoms with Crippen molar-refractivity contribution in [1.29, 1.82) is 0 Å². The molecule has 392 valence electrons. The maximum atomic E-state index is 10.6. The molecule has 6 fully saturated rings. The predicted octanol–water partition coefficient (Wildman–Crippen LogP) is 3.39. The number of aliphatic hydroxyl groups excluding tert-OH is 4. The number of carbonyl (C=O) groups is 1. The number of methoxy groups -OCH3 is 2. The molecule has 6 aliphatic rings. The van der Waals surface area contributed by atoms with Gasteiger partial charge < -0.3 is 69.1 Å². The number of carbonyl (C=O) groups excluding carboxylic acids is 1. The van der Waals surface area contributed by atoms with Gasteiger partial charge in [0.15, 0.2) is 0 Å². The van der Waals surface area contributed by atoms with Gasteiger partial charge in [0.1, 0.15) is 6.10 Å². The van der Waals surface area contributed by atoms with Crippen LogP contribution < -0.4 is 0 Å². The first-order chi connectivity index (χ1) is 31.8. The molecule has 6 saturated heterocycles. The van der Waals surface area contributed by atoms with Crippen LogP contribution in [0, 0.1) is 17.8 Å². The van der Waals surface area contributed by atoms with Crippen molar-refractivity contribution < 1.29 is 44.5 Å². The molecule has 7 rings (SSSR count). The number of esters is 1. The summed E-state index contributed by atoms with van der Waals surface area (Å²) in [6.45, 7) is 18.6. The van der Waals surface area contributed by atoms with E-state index >= 15 is 0 Å². The Bertz CT molecular complexity index is 1390. The Morgan fingerprint density at radius 1 is 0.642 bits per heavy atom. The van der Waals surface area contributed by atoms with E-state index in [9.17, 15) is 25.2 Å². The molecule has 0 aliphatic carbocycles. The molecule has 6 atom stereocenters. The maximum absolute atomic E-state index is 10.6. The summed E-state index contributed by atoms with van der Waals surface area (Å²) in [6, 6.07) is 10.4. The zero-order chi connectivity index (χ0) is 50.0. The minimum Gasteiger partial charge on any atom is -0.462 e. The molecule has 67 heavy (non-hydrogen) atoms. The van der Waals surface area contributed by atoms with Crippen LogP contribution in [0.3, 0.4) is 0 Å². The van der Waals surface area contributed by atoms with Crippen molar-refractivity contribution in [2.75, 3.05) is 148 Å². The van der Waals surface area contributed by atoms with Gasteiger partial charge in [-0.2, -0.15) is 0 Å². The first-order valence-electron chi connectivity index (χ1n) is 25.5. The summed E-state index contributed by atoms with van der Waals surface area (Å²) in [5.74, 6) is 1.22. The van der Waals surface area contributed by atoms with Crippen molar-refractivity contribution in [2.24, 2.45) is 17.8 Å². The third-order valence-corrected chi connectivity index (χ3v) is 14.7. The number of aliphatic hydroxyl groups is 5. The van der Waals surface area contributed by atoms with Crippen LogP contribution >= 0.6 is 0 Å². The number of benzene rings is 1. The molecule has 0 spiro atoms. The largest absolute Gasteiger partial charge is 0.462 e. The molecular weight excluding hydrogens is 853 g/mol. The number of hydrogen-bond donors (Lipinski definition) is 5. The molecule has 0 radical (unpaired) electrons. The van der Waals surface area contributed by atoms with Crippen LogP contribution in [0.5, 0.6) is 0 Å². The van der Waals surface area contributed by atoms with Crippen molar-refractivity contribution in [1.82, 2.24) is 29.4 Å². The molecule has 15 nitrogen and oxygen atoms in total. The van der Waals surface area contributed by atoms with Gasteiger partial charge in [-0.3, -0.25) is 4.79 Å². The van der Waals surface area contributed by atoms with E-state index in [-0.39, 0.29) is 42.6 Å². The lowest BCUT2D eigenvalue weighted by molar-refractivity contribution is -0.148. The molecule has 6 aliphatic heterocycles. The molecule has 0 saturated carbocycles. The predicted molar refractivity (Wildman–Crippen MR) is 270 cm³/mol. The van der Waals surface area contributed by atoms with E-state index in [1.165, 1.54) is 12.5 Å². The van der Waals surface area contributed by atoms with Gasteiger partial charge in [0.2, 0.25) is 0 Å². The summed E-state index contributed by atoms with van der Waals surface area (Å²) in [5.41, 5.74) is 0.533. The molecule has 0 bridgehead atoms. The van der Waals surface area contributed by atoms with Crippen LogP contribution in [0.15, 0.2) is 30.3 Å². The fourth-order valence-corrected chi connectivity index (χ4v) is 9.49. The topological polar surface area (TPSA) is 165 Å². The normalized spacial score (nSPS) is 28.8. The average Bonchev–Trinajstić information content (AvgIpc) is 3.31. The SMILES string of the molecule is CC(=O)OC1CCN(C)CC1.CC1CN(C)CCC1O.CCC1CN(C)CCC1O.CN1CCC(O)(CO)CC1.CN1CCC(O)C(Cc2ccccc2)C1.COCC1(OC)CCN(C)CC1. The number of nitrogens with zero attached hydrogens (tertiary/aromatic N) is 6. The number of rotatable bonds is 8. The monoisotopic (exact) mass is 953 g/mol.